The number of nitrogens with one attached hydrogen (secondary N) is 1. The maximum Gasteiger partial charge on any atom is 0.224 e. The average Bonchev–Trinajstić information content (AvgIpc) is 2.52. The molecule has 1 aliphatic rings. The number of ether oxygens (including phenoxy) is 1. The van der Waals surface area contributed by atoms with Crippen LogP contribution in [0.3, 0.4) is 0 Å². The van der Waals surface area contributed by atoms with E-state index in [9.17, 15) is 4.79 Å². The molecule has 0 radical (unpaired) electrons. The van der Waals surface area contributed by atoms with Gasteiger partial charge < -0.3 is 20.7 Å². The van der Waals surface area contributed by atoms with Gasteiger partial charge in [-0.1, -0.05) is 25.1 Å². The van der Waals surface area contributed by atoms with Crippen molar-refractivity contribution in [2.75, 3.05) is 31.2 Å². The van der Waals surface area contributed by atoms with E-state index in [2.05, 4.69) is 22.3 Å². The standard InChI is InChI=1S/C16H25N3O2/c1-12(13(2)17)16(20)18-11-14-5-3-4-6-15(14)19-7-9-21-10-8-19/h3-6,12-13H,7-11,17H2,1-2H3,(H,18,20). The molecule has 1 fully saturated rings. The zero-order chi connectivity index (χ0) is 15.2. The summed E-state index contributed by atoms with van der Waals surface area (Å²) in [6, 6.07) is 8.05. The molecule has 2 rings (SSSR count). The number of carbonyl (C=O) groups is 1. The third-order valence-electron chi connectivity index (χ3n) is 4.00. The quantitative estimate of drug-likeness (QED) is 0.853. The third kappa shape index (κ3) is 4.19. The number of nitrogens with zero attached hydrogens (tertiary/aromatic N) is 1. The first-order chi connectivity index (χ1) is 10.1. The van der Waals surface area contributed by atoms with Crippen LogP contribution in [-0.2, 0) is 16.1 Å². The van der Waals surface area contributed by atoms with Crippen LogP contribution in [0.2, 0.25) is 0 Å². The van der Waals surface area contributed by atoms with Gasteiger partial charge >= 0.3 is 0 Å². The molecule has 1 aromatic carbocycles. The van der Waals surface area contributed by atoms with E-state index in [4.69, 9.17) is 10.5 Å². The fourth-order valence-electron chi connectivity index (χ4n) is 2.36. The van der Waals surface area contributed by atoms with Gasteiger partial charge in [0.2, 0.25) is 5.91 Å². The summed E-state index contributed by atoms with van der Waals surface area (Å²) in [5.41, 5.74) is 8.07. The number of hydrogen-bond acceptors (Lipinski definition) is 4. The van der Waals surface area contributed by atoms with Crippen molar-refractivity contribution in [1.82, 2.24) is 5.32 Å². The molecule has 0 bridgehead atoms. The Morgan fingerprint density at radius 3 is 2.67 bits per heavy atom. The molecule has 0 aliphatic carbocycles. The van der Waals surface area contributed by atoms with Gasteiger partial charge in [-0.25, -0.2) is 0 Å². The molecule has 1 heterocycles. The highest BCUT2D eigenvalue weighted by Gasteiger charge is 2.18. The number of carbonyl (C=O) groups excluding carboxylic acids is 1. The highest BCUT2D eigenvalue weighted by Crippen LogP contribution is 2.21. The molecule has 1 saturated heterocycles. The van der Waals surface area contributed by atoms with E-state index in [-0.39, 0.29) is 17.9 Å². The van der Waals surface area contributed by atoms with Crippen molar-refractivity contribution in [3.8, 4) is 0 Å². The molecule has 21 heavy (non-hydrogen) atoms. The summed E-state index contributed by atoms with van der Waals surface area (Å²) < 4.78 is 5.39. The van der Waals surface area contributed by atoms with E-state index < -0.39 is 0 Å². The number of benzene rings is 1. The smallest absolute Gasteiger partial charge is 0.224 e. The Kier molecular flexibility index (Phi) is 5.59. The Balaban J connectivity index is 2.01. The van der Waals surface area contributed by atoms with Crippen molar-refractivity contribution in [2.24, 2.45) is 11.7 Å². The zero-order valence-electron chi connectivity index (χ0n) is 12.8. The topological polar surface area (TPSA) is 67.6 Å². The maximum atomic E-state index is 12.0. The zero-order valence-corrected chi connectivity index (χ0v) is 12.8. The number of morpholine rings is 1. The summed E-state index contributed by atoms with van der Waals surface area (Å²) in [6.07, 6.45) is 0. The highest BCUT2D eigenvalue weighted by molar-refractivity contribution is 5.79. The normalized spacial score (nSPS) is 18.1. The fourth-order valence-corrected chi connectivity index (χ4v) is 2.36. The van der Waals surface area contributed by atoms with Gasteiger partial charge in [-0.2, -0.15) is 0 Å². The van der Waals surface area contributed by atoms with Crippen LogP contribution in [0, 0.1) is 5.92 Å². The van der Waals surface area contributed by atoms with Crippen molar-refractivity contribution in [2.45, 2.75) is 26.4 Å². The lowest BCUT2D eigenvalue weighted by molar-refractivity contribution is -0.125. The minimum Gasteiger partial charge on any atom is -0.378 e. The molecule has 3 N–H and O–H groups in total. The minimum absolute atomic E-state index is 0.00165. The summed E-state index contributed by atoms with van der Waals surface area (Å²) in [4.78, 5) is 14.3. The molecule has 1 aliphatic heterocycles. The molecule has 2 unspecified atom stereocenters. The highest BCUT2D eigenvalue weighted by atomic mass is 16.5. The van der Waals surface area contributed by atoms with Crippen LogP contribution in [0.1, 0.15) is 19.4 Å². The Hall–Kier alpha value is -1.59. The Morgan fingerprint density at radius 2 is 2.00 bits per heavy atom. The lowest BCUT2D eigenvalue weighted by Crippen LogP contribution is -2.39. The molecule has 0 spiro atoms. The fraction of sp³-hybridized carbons (Fsp3) is 0.562. The van der Waals surface area contributed by atoms with E-state index in [0.717, 1.165) is 31.9 Å². The number of hydrogen-bond donors (Lipinski definition) is 2. The van der Waals surface area contributed by atoms with E-state index in [0.29, 0.717) is 6.54 Å². The predicted molar refractivity (Wildman–Crippen MR) is 84.1 cm³/mol. The maximum absolute atomic E-state index is 12.0. The number of amides is 1. The molecule has 1 aromatic rings. The van der Waals surface area contributed by atoms with Crippen molar-refractivity contribution in [1.29, 1.82) is 0 Å². The Bertz CT molecular complexity index is 470. The van der Waals surface area contributed by atoms with Crippen LogP contribution in [0.15, 0.2) is 24.3 Å². The SMILES string of the molecule is CC(N)C(C)C(=O)NCc1ccccc1N1CCOCC1. The summed E-state index contributed by atoms with van der Waals surface area (Å²) in [5, 5.41) is 2.98. The van der Waals surface area contributed by atoms with Crippen molar-refractivity contribution >= 4 is 11.6 Å². The first kappa shape index (κ1) is 15.8. The van der Waals surface area contributed by atoms with Gasteiger partial charge in [0, 0.05) is 37.3 Å². The second kappa shape index (κ2) is 7.43. The molecule has 5 nitrogen and oxygen atoms in total. The van der Waals surface area contributed by atoms with Crippen LogP contribution in [0.5, 0.6) is 0 Å². The molecule has 2 atom stereocenters. The van der Waals surface area contributed by atoms with Gasteiger partial charge in [-0.3, -0.25) is 4.79 Å². The van der Waals surface area contributed by atoms with Gasteiger partial charge in [-0.15, -0.1) is 0 Å². The predicted octanol–water partition coefficient (Wildman–Crippen LogP) is 1.12. The van der Waals surface area contributed by atoms with Crippen LogP contribution < -0.4 is 16.0 Å². The lowest BCUT2D eigenvalue weighted by atomic mass is 10.0. The first-order valence-corrected chi connectivity index (χ1v) is 7.53. The molecule has 0 saturated carbocycles. The number of anilines is 1. The lowest BCUT2D eigenvalue weighted by Gasteiger charge is -2.30. The molecular formula is C16H25N3O2. The summed E-state index contributed by atoms with van der Waals surface area (Å²) in [5.74, 6) is -0.178. The van der Waals surface area contributed by atoms with Crippen molar-refractivity contribution in [3.63, 3.8) is 0 Å². The van der Waals surface area contributed by atoms with E-state index in [1.165, 1.54) is 5.69 Å². The first-order valence-electron chi connectivity index (χ1n) is 7.53. The summed E-state index contributed by atoms with van der Waals surface area (Å²) >= 11 is 0. The van der Waals surface area contributed by atoms with Crippen LogP contribution >= 0.6 is 0 Å². The monoisotopic (exact) mass is 291 g/mol. The molecule has 1 amide bonds. The molecule has 116 valence electrons. The number of rotatable bonds is 5. The van der Waals surface area contributed by atoms with Crippen molar-refractivity contribution < 1.29 is 9.53 Å². The van der Waals surface area contributed by atoms with E-state index >= 15 is 0 Å². The minimum atomic E-state index is -0.180. The molecule has 5 heteroatoms. The van der Waals surface area contributed by atoms with Gasteiger partial charge in [0.15, 0.2) is 0 Å². The summed E-state index contributed by atoms with van der Waals surface area (Å²) in [7, 11) is 0. The number of para-hydroxylation sites is 1. The largest absolute Gasteiger partial charge is 0.378 e. The van der Waals surface area contributed by atoms with Gasteiger partial charge in [0.05, 0.1) is 13.2 Å². The van der Waals surface area contributed by atoms with Crippen molar-refractivity contribution in [3.05, 3.63) is 29.8 Å². The van der Waals surface area contributed by atoms with E-state index in [1.807, 2.05) is 26.0 Å². The third-order valence-corrected chi connectivity index (χ3v) is 4.00. The van der Waals surface area contributed by atoms with Crippen LogP contribution in [0.4, 0.5) is 5.69 Å². The van der Waals surface area contributed by atoms with E-state index in [1.54, 1.807) is 0 Å². The van der Waals surface area contributed by atoms with Gasteiger partial charge in [0.1, 0.15) is 0 Å². The average molecular weight is 291 g/mol. The number of nitrogens with two attached hydrogens (primary N) is 1. The van der Waals surface area contributed by atoms with Crippen LogP contribution in [0.25, 0.3) is 0 Å². The second-order valence-corrected chi connectivity index (χ2v) is 5.59. The Morgan fingerprint density at radius 1 is 1.33 bits per heavy atom. The van der Waals surface area contributed by atoms with Gasteiger partial charge in [-0.05, 0) is 18.6 Å². The van der Waals surface area contributed by atoms with Gasteiger partial charge in [0.25, 0.3) is 0 Å². The Labute approximate surface area is 126 Å². The molecule has 0 aromatic heterocycles. The molecular weight excluding hydrogens is 266 g/mol. The van der Waals surface area contributed by atoms with Crippen LogP contribution in [-0.4, -0.2) is 38.3 Å². The summed E-state index contributed by atoms with van der Waals surface area (Å²) in [6.45, 7) is 7.52. The second-order valence-electron chi connectivity index (χ2n) is 5.59.